The average Bonchev–Trinajstić information content (AvgIpc) is 0.811. The van der Waals surface area contributed by atoms with Gasteiger partial charge in [-0.1, -0.05) is 0 Å². The molecule has 0 spiro atoms. The topological polar surface area (TPSA) is 66.2 Å². The van der Waals surface area contributed by atoms with Crippen LogP contribution >= 0.6 is 17.0 Å². The number of hydrogen-bond acceptors (Lipinski definition) is 3. The van der Waals surface area contributed by atoms with Crippen molar-refractivity contribution in [2.75, 3.05) is 0 Å². The fraction of sp³-hybridized carbons (Fsp3) is 0. The summed E-state index contributed by atoms with van der Waals surface area (Å²) in [7, 11) is 0. The Bertz CT molecular complexity index is 35.9. The number of halogens is 1. The standard InChI is InChI=1S/BrH.2Fe.NO3/c;;;2-1(3)4/h1H;;;/q;;+3;-1. The van der Waals surface area contributed by atoms with Crippen molar-refractivity contribution in [3.05, 3.63) is 15.3 Å². The van der Waals surface area contributed by atoms with Gasteiger partial charge < -0.3 is 15.3 Å². The molecule has 0 amide bonds. The van der Waals surface area contributed by atoms with E-state index in [1.807, 2.05) is 0 Å². The minimum Gasteiger partial charge on any atom is -0.356 e. The van der Waals surface area contributed by atoms with Gasteiger partial charge in [-0.25, -0.2) is 0 Å². The molecule has 45 valence electrons. The molecule has 7 heavy (non-hydrogen) atoms. The molecule has 0 aliphatic rings. The molecule has 0 heterocycles. The summed E-state index contributed by atoms with van der Waals surface area (Å²) in [4.78, 5) is 8.25. The van der Waals surface area contributed by atoms with E-state index in [4.69, 9.17) is 15.3 Å². The Morgan fingerprint density at radius 3 is 1.29 bits per heavy atom. The van der Waals surface area contributed by atoms with E-state index in [1.165, 1.54) is 0 Å². The predicted molar refractivity (Wildman–Crippen MR) is 20.7 cm³/mol. The van der Waals surface area contributed by atoms with Crippen molar-refractivity contribution in [3.63, 3.8) is 0 Å². The van der Waals surface area contributed by atoms with Crippen molar-refractivity contribution < 1.29 is 39.2 Å². The van der Waals surface area contributed by atoms with Gasteiger partial charge in [0.15, 0.2) is 0 Å². The zero-order valence-corrected chi connectivity index (χ0v) is 6.71. The second-order valence-electron chi connectivity index (χ2n) is 0.224. The average molecular weight is 255 g/mol. The molecule has 0 aliphatic carbocycles. The monoisotopic (exact) mass is 254 g/mol. The molecule has 0 aromatic rings. The van der Waals surface area contributed by atoms with Crippen LogP contribution in [0.3, 0.4) is 0 Å². The van der Waals surface area contributed by atoms with Crippen LogP contribution in [0.5, 0.6) is 0 Å². The van der Waals surface area contributed by atoms with Crippen LogP contribution in [0.1, 0.15) is 0 Å². The summed E-state index contributed by atoms with van der Waals surface area (Å²) < 4.78 is 0. The van der Waals surface area contributed by atoms with Gasteiger partial charge in [0.2, 0.25) is 0 Å². The van der Waals surface area contributed by atoms with Gasteiger partial charge in [-0.05, 0) is 0 Å². The van der Waals surface area contributed by atoms with Crippen molar-refractivity contribution in [2.45, 2.75) is 0 Å². The first-order chi connectivity index (χ1) is 1.73. The summed E-state index contributed by atoms with van der Waals surface area (Å²) >= 11 is 0. The normalized spacial score (nSPS) is 3.43. The quantitative estimate of drug-likeness (QED) is 0.356. The van der Waals surface area contributed by atoms with Gasteiger partial charge in [0.25, 0.3) is 0 Å². The molecular weight excluding hydrogens is 254 g/mol. The van der Waals surface area contributed by atoms with E-state index in [0.29, 0.717) is 0 Å². The zero-order valence-electron chi connectivity index (χ0n) is 2.79. The third-order valence-corrected chi connectivity index (χ3v) is 0. The van der Waals surface area contributed by atoms with Crippen LogP contribution in [0.2, 0.25) is 0 Å². The minimum absolute atomic E-state index is 0. The molecule has 0 unspecified atom stereocenters. The molecular formula is HBrFe2NO3+2. The Balaban J connectivity index is -0.0000000150. The van der Waals surface area contributed by atoms with Gasteiger partial charge in [0.05, 0.1) is 5.09 Å². The molecule has 0 N–H and O–H groups in total. The van der Waals surface area contributed by atoms with Gasteiger partial charge in [0.1, 0.15) is 0 Å². The molecule has 0 rings (SSSR count). The summed E-state index contributed by atoms with van der Waals surface area (Å²) in [6, 6.07) is 0. The molecule has 0 atom stereocenters. The smallest absolute Gasteiger partial charge is 0.356 e. The van der Waals surface area contributed by atoms with Crippen molar-refractivity contribution in [3.8, 4) is 0 Å². The summed E-state index contributed by atoms with van der Waals surface area (Å²) in [5.41, 5.74) is 0. The first-order valence-electron chi connectivity index (χ1n) is 0.548. The van der Waals surface area contributed by atoms with Crippen LogP contribution in [0.15, 0.2) is 0 Å². The largest absolute Gasteiger partial charge is 3.00 e. The fourth-order valence-corrected chi connectivity index (χ4v) is 0. The zero-order chi connectivity index (χ0) is 3.58. The van der Waals surface area contributed by atoms with Crippen LogP contribution in [-0.4, -0.2) is 5.09 Å². The SMILES string of the molecule is Br.O=[N+]([O-])[O-].[Fe+3].[Fe]. The summed E-state index contributed by atoms with van der Waals surface area (Å²) in [6.45, 7) is 0. The molecule has 0 saturated carbocycles. The van der Waals surface area contributed by atoms with Crippen LogP contribution in [0.4, 0.5) is 0 Å². The minimum atomic E-state index is -1.75. The van der Waals surface area contributed by atoms with Gasteiger partial charge >= 0.3 is 17.1 Å². The first-order valence-corrected chi connectivity index (χ1v) is 0.548. The maximum absolute atomic E-state index is 8.25. The first kappa shape index (κ1) is 25.2. The van der Waals surface area contributed by atoms with Crippen molar-refractivity contribution in [2.24, 2.45) is 0 Å². The molecule has 4 nitrogen and oxygen atoms in total. The van der Waals surface area contributed by atoms with E-state index < -0.39 is 5.09 Å². The fourth-order valence-electron chi connectivity index (χ4n) is 0. The maximum atomic E-state index is 8.25. The van der Waals surface area contributed by atoms with E-state index in [-0.39, 0.29) is 51.1 Å². The van der Waals surface area contributed by atoms with Gasteiger partial charge in [0, 0.05) is 17.1 Å². The van der Waals surface area contributed by atoms with Gasteiger partial charge in [-0.3, -0.25) is 0 Å². The van der Waals surface area contributed by atoms with Crippen molar-refractivity contribution >= 4 is 17.0 Å². The van der Waals surface area contributed by atoms with Crippen LogP contribution < -0.4 is 0 Å². The molecule has 0 aromatic carbocycles. The predicted octanol–water partition coefficient (Wildman–Crippen LogP) is 0.334. The van der Waals surface area contributed by atoms with Crippen LogP contribution in [-0.2, 0) is 34.1 Å². The summed E-state index contributed by atoms with van der Waals surface area (Å²) in [6.07, 6.45) is 0. The van der Waals surface area contributed by atoms with E-state index in [0.717, 1.165) is 0 Å². The van der Waals surface area contributed by atoms with E-state index in [9.17, 15) is 0 Å². The Hall–Kier alpha value is 0.719. The number of rotatable bonds is 0. The molecule has 0 aliphatic heterocycles. The molecule has 7 heteroatoms. The van der Waals surface area contributed by atoms with Crippen LogP contribution in [0.25, 0.3) is 0 Å². The third-order valence-electron chi connectivity index (χ3n) is 0. The maximum Gasteiger partial charge on any atom is 3.00 e. The molecule has 1 radical (unpaired) electrons. The van der Waals surface area contributed by atoms with E-state index >= 15 is 0 Å². The molecule has 0 bridgehead atoms. The Morgan fingerprint density at radius 2 is 1.29 bits per heavy atom. The summed E-state index contributed by atoms with van der Waals surface area (Å²) in [5.74, 6) is 0. The van der Waals surface area contributed by atoms with Crippen LogP contribution in [0, 0.1) is 15.3 Å². The Kier molecular flexibility index (Phi) is 57.2. The van der Waals surface area contributed by atoms with Gasteiger partial charge in [-0.2, -0.15) is 0 Å². The third kappa shape index (κ3) is 289. The number of hydrogen-bond donors (Lipinski definition) is 0. The second-order valence-corrected chi connectivity index (χ2v) is 0.224. The molecule has 0 saturated heterocycles. The van der Waals surface area contributed by atoms with Crippen molar-refractivity contribution in [1.29, 1.82) is 0 Å². The van der Waals surface area contributed by atoms with Crippen molar-refractivity contribution in [1.82, 2.24) is 0 Å². The van der Waals surface area contributed by atoms with E-state index in [2.05, 4.69) is 0 Å². The molecule has 0 aromatic heterocycles. The Labute approximate surface area is 71.5 Å². The summed E-state index contributed by atoms with van der Waals surface area (Å²) in [5, 5.41) is 14.8. The molecule has 0 fully saturated rings. The van der Waals surface area contributed by atoms with Gasteiger partial charge in [-0.15, -0.1) is 17.0 Å². The second kappa shape index (κ2) is 15.9. The Morgan fingerprint density at radius 1 is 1.29 bits per heavy atom. The number of nitrogens with zero attached hydrogens (tertiary/aromatic N) is 1. The van der Waals surface area contributed by atoms with E-state index in [1.54, 1.807) is 0 Å².